The standard InChI is InChI=1S/C22H25N3O4/c1-14(24-18-11-22(29-5)20(27-3)9-16(18)12-23)25-7-6-15-8-19(26-2)21(28-4)10-17(15)13-25/h8-11H,6-7,13H2,1-5H3. The molecule has 0 amide bonds. The van der Waals surface area contributed by atoms with E-state index in [2.05, 4.69) is 11.0 Å². The van der Waals surface area contributed by atoms with Crippen LogP contribution in [0.2, 0.25) is 0 Å². The zero-order chi connectivity index (χ0) is 21.0. The maximum Gasteiger partial charge on any atom is 0.162 e. The average molecular weight is 395 g/mol. The van der Waals surface area contributed by atoms with Gasteiger partial charge in [-0.3, -0.25) is 0 Å². The number of amidine groups is 1. The number of hydrogen-bond acceptors (Lipinski definition) is 6. The Morgan fingerprint density at radius 2 is 1.45 bits per heavy atom. The van der Waals surface area contributed by atoms with Crippen LogP contribution in [-0.2, 0) is 13.0 Å². The molecule has 0 radical (unpaired) electrons. The molecule has 0 saturated carbocycles. The van der Waals surface area contributed by atoms with Gasteiger partial charge in [0.05, 0.1) is 39.7 Å². The molecule has 1 aliphatic heterocycles. The molecule has 29 heavy (non-hydrogen) atoms. The van der Waals surface area contributed by atoms with Crippen molar-refractivity contribution in [1.29, 1.82) is 5.26 Å². The summed E-state index contributed by atoms with van der Waals surface area (Å²) in [6.45, 7) is 3.48. The number of hydrogen-bond donors (Lipinski definition) is 0. The van der Waals surface area contributed by atoms with Crippen molar-refractivity contribution in [3.63, 3.8) is 0 Å². The first-order chi connectivity index (χ1) is 14.0. The van der Waals surface area contributed by atoms with Crippen LogP contribution in [0.5, 0.6) is 23.0 Å². The molecule has 0 unspecified atom stereocenters. The van der Waals surface area contributed by atoms with E-state index in [4.69, 9.17) is 23.9 Å². The molecule has 1 aliphatic rings. The largest absolute Gasteiger partial charge is 0.493 e. The smallest absolute Gasteiger partial charge is 0.162 e. The SMILES string of the molecule is COc1cc(C#N)c(N=C(C)N2CCc3cc(OC)c(OC)cc3C2)cc1OC. The van der Waals surface area contributed by atoms with Crippen LogP contribution >= 0.6 is 0 Å². The van der Waals surface area contributed by atoms with E-state index in [9.17, 15) is 5.26 Å². The molecule has 7 nitrogen and oxygen atoms in total. The van der Waals surface area contributed by atoms with Gasteiger partial charge in [0.15, 0.2) is 23.0 Å². The molecule has 0 N–H and O–H groups in total. The van der Waals surface area contributed by atoms with Gasteiger partial charge in [-0.05, 0) is 36.6 Å². The fourth-order valence-corrected chi connectivity index (χ4v) is 3.45. The summed E-state index contributed by atoms with van der Waals surface area (Å²) in [5, 5.41) is 9.51. The predicted molar refractivity (Wildman–Crippen MR) is 111 cm³/mol. The lowest BCUT2D eigenvalue weighted by Gasteiger charge is -2.31. The number of benzene rings is 2. The fraction of sp³-hybridized carbons (Fsp3) is 0.364. The van der Waals surface area contributed by atoms with E-state index in [-0.39, 0.29) is 0 Å². The normalized spacial score (nSPS) is 13.4. The molecule has 0 aromatic heterocycles. The summed E-state index contributed by atoms with van der Waals surface area (Å²) >= 11 is 0. The Hall–Kier alpha value is -3.40. The van der Waals surface area contributed by atoms with Gasteiger partial charge in [-0.15, -0.1) is 0 Å². The molecule has 7 heteroatoms. The summed E-state index contributed by atoms with van der Waals surface area (Å²) in [5.74, 6) is 3.34. The Morgan fingerprint density at radius 1 is 0.897 bits per heavy atom. The molecule has 3 rings (SSSR count). The van der Waals surface area contributed by atoms with Crippen molar-refractivity contribution >= 4 is 11.5 Å². The highest BCUT2D eigenvalue weighted by Gasteiger charge is 2.21. The van der Waals surface area contributed by atoms with Crippen molar-refractivity contribution in [2.45, 2.75) is 19.9 Å². The van der Waals surface area contributed by atoms with E-state index < -0.39 is 0 Å². The Bertz CT molecular complexity index is 979. The summed E-state index contributed by atoms with van der Waals surface area (Å²) in [5.41, 5.74) is 3.42. The van der Waals surface area contributed by atoms with Crippen LogP contribution in [0.15, 0.2) is 29.3 Å². The van der Waals surface area contributed by atoms with Crippen molar-refractivity contribution in [3.8, 4) is 29.1 Å². The first-order valence-corrected chi connectivity index (χ1v) is 9.24. The maximum atomic E-state index is 9.51. The van der Waals surface area contributed by atoms with Crippen molar-refractivity contribution in [2.75, 3.05) is 35.0 Å². The van der Waals surface area contributed by atoms with Crippen molar-refractivity contribution < 1.29 is 18.9 Å². The van der Waals surface area contributed by atoms with Crippen molar-refractivity contribution in [2.24, 2.45) is 4.99 Å². The Balaban J connectivity index is 1.91. The third-order valence-corrected chi connectivity index (χ3v) is 5.08. The van der Waals surface area contributed by atoms with Crippen LogP contribution in [0, 0.1) is 11.3 Å². The molecule has 152 valence electrons. The third-order valence-electron chi connectivity index (χ3n) is 5.08. The first-order valence-electron chi connectivity index (χ1n) is 9.24. The van der Waals surface area contributed by atoms with Gasteiger partial charge in [-0.2, -0.15) is 5.26 Å². The minimum atomic E-state index is 0.436. The molecule has 0 saturated heterocycles. The molecule has 0 atom stereocenters. The Morgan fingerprint density at radius 3 is 2.03 bits per heavy atom. The third kappa shape index (κ3) is 4.06. The quantitative estimate of drug-likeness (QED) is 0.568. The van der Waals surface area contributed by atoms with Gasteiger partial charge in [0.25, 0.3) is 0 Å². The van der Waals surface area contributed by atoms with E-state index >= 15 is 0 Å². The second kappa shape index (κ2) is 8.74. The second-order valence-corrected chi connectivity index (χ2v) is 6.64. The van der Waals surface area contributed by atoms with Gasteiger partial charge in [0.1, 0.15) is 11.9 Å². The highest BCUT2D eigenvalue weighted by atomic mass is 16.5. The van der Waals surface area contributed by atoms with Gasteiger partial charge in [0.2, 0.25) is 0 Å². The first kappa shape index (κ1) is 20.3. The summed E-state index contributed by atoms with van der Waals surface area (Å²) in [4.78, 5) is 6.90. The lowest BCUT2D eigenvalue weighted by atomic mass is 9.98. The van der Waals surface area contributed by atoms with Crippen LogP contribution in [0.4, 0.5) is 5.69 Å². The van der Waals surface area contributed by atoms with Gasteiger partial charge < -0.3 is 23.8 Å². The highest BCUT2D eigenvalue weighted by molar-refractivity contribution is 5.84. The maximum absolute atomic E-state index is 9.51. The van der Waals surface area contributed by atoms with Gasteiger partial charge in [-0.1, -0.05) is 0 Å². The van der Waals surface area contributed by atoms with Crippen LogP contribution in [0.1, 0.15) is 23.6 Å². The number of ether oxygens (including phenoxy) is 4. The van der Waals surface area contributed by atoms with E-state index in [1.807, 2.05) is 19.1 Å². The lowest BCUT2D eigenvalue weighted by Crippen LogP contribution is -2.34. The van der Waals surface area contributed by atoms with Crippen LogP contribution < -0.4 is 18.9 Å². The Labute approximate surface area is 171 Å². The molecular weight excluding hydrogens is 370 g/mol. The summed E-state index contributed by atoms with van der Waals surface area (Å²) in [6.07, 6.45) is 0.875. The second-order valence-electron chi connectivity index (χ2n) is 6.64. The summed E-state index contributed by atoms with van der Waals surface area (Å²) in [7, 11) is 6.39. The lowest BCUT2D eigenvalue weighted by molar-refractivity contribution is 0.347. The predicted octanol–water partition coefficient (Wildman–Crippen LogP) is 3.70. The monoisotopic (exact) mass is 395 g/mol. The number of rotatable bonds is 5. The molecular formula is C22H25N3O4. The zero-order valence-corrected chi connectivity index (χ0v) is 17.4. The van der Waals surface area contributed by atoms with E-state index in [0.29, 0.717) is 35.0 Å². The number of nitrogens with zero attached hydrogens (tertiary/aromatic N) is 3. The zero-order valence-electron chi connectivity index (χ0n) is 17.4. The van der Waals surface area contributed by atoms with Crippen molar-refractivity contribution in [1.82, 2.24) is 4.90 Å². The summed E-state index contributed by atoms with van der Waals surface area (Å²) in [6, 6.07) is 9.62. The molecule has 0 bridgehead atoms. The van der Waals surface area contributed by atoms with Crippen molar-refractivity contribution in [3.05, 3.63) is 41.0 Å². The number of methoxy groups -OCH3 is 4. The fourth-order valence-electron chi connectivity index (χ4n) is 3.45. The van der Waals surface area contributed by atoms with Crippen LogP contribution in [-0.4, -0.2) is 45.7 Å². The molecule has 1 heterocycles. The molecule has 0 aliphatic carbocycles. The molecule has 0 spiro atoms. The minimum Gasteiger partial charge on any atom is -0.493 e. The molecule has 2 aromatic carbocycles. The van der Waals surface area contributed by atoms with E-state index in [0.717, 1.165) is 24.6 Å². The van der Waals surface area contributed by atoms with Gasteiger partial charge >= 0.3 is 0 Å². The van der Waals surface area contributed by atoms with Gasteiger partial charge in [-0.25, -0.2) is 4.99 Å². The summed E-state index contributed by atoms with van der Waals surface area (Å²) < 4.78 is 21.5. The highest BCUT2D eigenvalue weighted by Crippen LogP contribution is 2.36. The number of nitriles is 1. The molecule has 2 aromatic rings. The van der Waals surface area contributed by atoms with E-state index in [1.54, 1.807) is 40.6 Å². The average Bonchev–Trinajstić information content (AvgIpc) is 2.77. The van der Waals surface area contributed by atoms with Gasteiger partial charge in [0, 0.05) is 25.2 Å². The van der Waals surface area contributed by atoms with E-state index in [1.165, 1.54) is 11.1 Å². The number of fused-ring (bicyclic) bond motifs is 1. The number of aliphatic imine (C=N–C) groups is 1. The topological polar surface area (TPSA) is 76.3 Å². The Kier molecular flexibility index (Phi) is 6.13. The van der Waals surface area contributed by atoms with Crippen LogP contribution in [0.25, 0.3) is 0 Å². The minimum absolute atomic E-state index is 0.436. The molecule has 0 fully saturated rings. The van der Waals surface area contributed by atoms with Crippen LogP contribution in [0.3, 0.4) is 0 Å².